The predicted molar refractivity (Wildman–Crippen MR) is 136 cm³/mol. The maximum Gasteiger partial charge on any atom is 0.410 e. The van der Waals surface area contributed by atoms with E-state index >= 15 is 0 Å². The third kappa shape index (κ3) is 8.34. The molecule has 11 heteroatoms. The number of carbonyl (C=O) groups excluding carboxylic acids is 3. The van der Waals surface area contributed by atoms with E-state index in [2.05, 4.69) is 5.32 Å². The Balaban J connectivity index is 1.61. The zero-order chi connectivity index (χ0) is 27.2. The molecule has 0 unspecified atom stereocenters. The van der Waals surface area contributed by atoms with E-state index in [4.69, 9.17) is 19.2 Å². The Morgan fingerprint density at radius 1 is 1.14 bits per heavy atom. The van der Waals surface area contributed by atoms with E-state index in [-0.39, 0.29) is 31.3 Å². The Kier molecular flexibility index (Phi) is 9.36. The fourth-order valence-corrected chi connectivity index (χ4v) is 4.12. The summed E-state index contributed by atoms with van der Waals surface area (Å²) in [4.78, 5) is 44.4. The number of amides is 2. The van der Waals surface area contributed by atoms with Gasteiger partial charge >= 0.3 is 12.1 Å². The molecule has 204 valence electrons. The number of rotatable bonds is 6. The summed E-state index contributed by atoms with van der Waals surface area (Å²) in [5.41, 5.74) is 1.53. The third-order valence-corrected chi connectivity index (χ3v) is 5.88. The fourth-order valence-electron chi connectivity index (χ4n) is 4.12. The van der Waals surface area contributed by atoms with Crippen molar-refractivity contribution in [2.75, 3.05) is 26.3 Å². The van der Waals surface area contributed by atoms with Crippen LogP contribution in [0.3, 0.4) is 0 Å². The lowest BCUT2D eigenvalue weighted by molar-refractivity contribution is -0.154. The smallest absolute Gasteiger partial charge is 0.410 e. The van der Waals surface area contributed by atoms with Crippen LogP contribution in [0.4, 0.5) is 4.79 Å². The molecule has 37 heavy (non-hydrogen) atoms. The van der Waals surface area contributed by atoms with Crippen molar-refractivity contribution in [2.24, 2.45) is 4.99 Å². The highest BCUT2D eigenvalue weighted by Crippen LogP contribution is 2.27. The first-order chi connectivity index (χ1) is 17.4. The summed E-state index contributed by atoms with van der Waals surface area (Å²) in [6, 6.07) is 5.53. The Morgan fingerprint density at radius 2 is 1.81 bits per heavy atom. The zero-order valence-electron chi connectivity index (χ0n) is 22.3. The van der Waals surface area contributed by atoms with Crippen LogP contribution in [-0.2, 0) is 32.2 Å². The Hall–Kier alpha value is -3.34. The van der Waals surface area contributed by atoms with Crippen LogP contribution in [0, 0.1) is 0 Å². The first-order valence-electron chi connectivity index (χ1n) is 12.6. The van der Waals surface area contributed by atoms with Crippen LogP contribution in [0.15, 0.2) is 23.2 Å². The molecule has 2 heterocycles. The van der Waals surface area contributed by atoms with E-state index in [9.17, 15) is 19.5 Å². The number of aliphatic imine (C=N–C) groups is 1. The second-order valence-electron chi connectivity index (χ2n) is 10.2. The maximum atomic E-state index is 12.4. The summed E-state index contributed by atoms with van der Waals surface area (Å²) in [5.74, 6) is 0.0943. The summed E-state index contributed by atoms with van der Waals surface area (Å²) >= 11 is 0. The molecule has 1 fully saturated rings. The first-order valence-corrected chi connectivity index (χ1v) is 12.6. The predicted octanol–water partition coefficient (Wildman–Crippen LogP) is 2.20. The van der Waals surface area contributed by atoms with Gasteiger partial charge < -0.3 is 29.1 Å². The van der Waals surface area contributed by atoms with Gasteiger partial charge in [0, 0.05) is 33.1 Å². The minimum Gasteiger partial charge on any atom is -0.490 e. The number of fused-ring (bicyclic) bond motifs is 1. The van der Waals surface area contributed by atoms with Crippen molar-refractivity contribution in [1.29, 1.82) is 0 Å². The molecule has 2 aliphatic heterocycles. The van der Waals surface area contributed by atoms with E-state index in [0.717, 1.165) is 11.1 Å². The van der Waals surface area contributed by atoms with Crippen LogP contribution >= 0.6 is 0 Å². The summed E-state index contributed by atoms with van der Waals surface area (Å²) in [5, 5.41) is 12.7. The molecule has 0 saturated carbocycles. The van der Waals surface area contributed by atoms with Gasteiger partial charge in [0.05, 0.1) is 12.6 Å². The molecule has 2 amide bonds. The van der Waals surface area contributed by atoms with Gasteiger partial charge in [-0.2, -0.15) is 0 Å². The van der Waals surface area contributed by atoms with Crippen molar-refractivity contribution >= 4 is 23.9 Å². The van der Waals surface area contributed by atoms with Crippen LogP contribution in [-0.4, -0.2) is 82.9 Å². The zero-order valence-corrected chi connectivity index (χ0v) is 22.3. The van der Waals surface area contributed by atoms with Crippen LogP contribution in [0.2, 0.25) is 0 Å². The van der Waals surface area contributed by atoms with Crippen LogP contribution < -0.4 is 10.1 Å². The topological polar surface area (TPSA) is 130 Å². The molecule has 1 atom stereocenters. The van der Waals surface area contributed by atoms with Gasteiger partial charge in [-0.05, 0) is 63.8 Å². The van der Waals surface area contributed by atoms with Crippen molar-refractivity contribution in [2.45, 2.75) is 78.3 Å². The molecule has 3 rings (SSSR count). The number of likely N-dealkylation sites (tertiary alicyclic amines) is 1. The number of ether oxygens (including phenoxy) is 3. The lowest BCUT2D eigenvalue weighted by Crippen LogP contribution is -2.45. The van der Waals surface area contributed by atoms with Gasteiger partial charge in [0.25, 0.3) is 0 Å². The number of nitrogens with zero attached hydrogens (tertiary/aromatic N) is 3. The fraction of sp³-hybridized carbons (Fsp3) is 0.615. The number of nitrogens with one attached hydrogen (secondary N) is 1. The summed E-state index contributed by atoms with van der Waals surface area (Å²) in [6.07, 6.45) is -0.335. The Morgan fingerprint density at radius 3 is 2.43 bits per heavy atom. The average molecular weight is 519 g/mol. The van der Waals surface area contributed by atoms with Crippen molar-refractivity contribution in [1.82, 2.24) is 15.1 Å². The van der Waals surface area contributed by atoms with E-state index in [0.29, 0.717) is 50.7 Å². The minimum atomic E-state index is -1.36. The van der Waals surface area contributed by atoms with Gasteiger partial charge in [-0.15, -0.1) is 0 Å². The maximum absolute atomic E-state index is 12.4. The molecule has 11 nitrogen and oxygen atoms in total. The molecule has 0 radical (unpaired) electrons. The minimum absolute atomic E-state index is 0.0347. The number of hydrogen-bond acceptors (Lipinski definition) is 8. The van der Waals surface area contributed by atoms with E-state index in [1.807, 2.05) is 37.8 Å². The van der Waals surface area contributed by atoms with E-state index < -0.39 is 17.7 Å². The molecule has 1 aromatic carbocycles. The quantitative estimate of drug-likeness (QED) is 0.333. The molecule has 0 bridgehead atoms. The number of aliphatic hydroxyl groups is 1. The number of guanidine groups is 1. The SMILES string of the molecule is CCOC(=O)[C@H](O)COc1ccc2c(c1)CN(C(=NC1CCN(C(=O)OC(C)(C)C)CC1)NC(C)=O)C2. The second kappa shape index (κ2) is 12.3. The number of benzene rings is 1. The second-order valence-corrected chi connectivity index (χ2v) is 10.2. The normalized spacial score (nSPS) is 17.2. The largest absolute Gasteiger partial charge is 0.490 e. The number of aliphatic hydroxyl groups excluding tert-OH is 1. The highest BCUT2D eigenvalue weighted by atomic mass is 16.6. The first kappa shape index (κ1) is 28.2. The van der Waals surface area contributed by atoms with Gasteiger partial charge in [0.2, 0.25) is 11.9 Å². The average Bonchev–Trinajstić information content (AvgIpc) is 3.25. The van der Waals surface area contributed by atoms with Crippen LogP contribution in [0.5, 0.6) is 5.75 Å². The third-order valence-electron chi connectivity index (χ3n) is 5.88. The highest BCUT2D eigenvalue weighted by Gasteiger charge is 2.29. The van der Waals surface area contributed by atoms with Gasteiger partial charge in [-0.25, -0.2) is 14.6 Å². The summed E-state index contributed by atoms with van der Waals surface area (Å²) < 4.78 is 15.8. The Labute approximate surface area is 217 Å². The molecule has 2 aliphatic rings. The molecule has 1 aromatic rings. The number of piperidine rings is 1. The molecule has 0 spiro atoms. The van der Waals surface area contributed by atoms with Crippen molar-refractivity contribution in [3.8, 4) is 5.75 Å². The van der Waals surface area contributed by atoms with Crippen LogP contribution in [0.25, 0.3) is 0 Å². The van der Waals surface area contributed by atoms with Gasteiger partial charge in [0.1, 0.15) is 18.0 Å². The van der Waals surface area contributed by atoms with Gasteiger partial charge in [-0.1, -0.05) is 6.07 Å². The monoisotopic (exact) mass is 518 g/mol. The molecule has 1 saturated heterocycles. The van der Waals surface area contributed by atoms with Crippen molar-refractivity contribution in [3.63, 3.8) is 0 Å². The van der Waals surface area contributed by atoms with Crippen molar-refractivity contribution in [3.05, 3.63) is 29.3 Å². The molecule has 0 aromatic heterocycles. The van der Waals surface area contributed by atoms with Gasteiger partial charge in [0.15, 0.2) is 6.10 Å². The molecular formula is C26H38N4O7. The summed E-state index contributed by atoms with van der Waals surface area (Å²) in [7, 11) is 0. The molecule has 2 N–H and O–H groups in total. The lowest BCUT2D eigenvalue weighted by atomic mass is 10.1. The van der Waals surface area contributed by atoms with E-state index in [1.165, 1.54) is 6.92 Å². The molecular weight excluding hydrogens is 480 g/mol. The van der Waals surface area contributed by atoms with E-state index in [1.54, 1.807) is 17.9 Å². The highest BCUT2D eigenvalue weighted by molar-refractivity contribution is 5.96. The van der Waals surface area contributed by atoms with Crippen molar-refractivity contribution < 1.29 is 33.7 Å². The summed E-state index contributed by atoms with van der Waals surface area (Å²) in [6.45, 7) is 10.8. The molecule has 0 aliphatic carbocycles. The number of esters is 1. The lowest BCUT2D eigenvalue weighted by Gasteiger charge is -2.33. The van der Waals surface area contributed by atoms with Crippen LogP contribution in [0.1, 0.15) is 58.6 Å². The standard InChI is InChI=1S/C26H38N4O7/c1-6-35-23(33)22(32)16-36-21-8-7-18-14-30(15-19(18)13-21)24(27-17(2)31)28-20-9-11-29(12-10-20)25(34)37-26(3,4)5/h7-8,13,20,22,32H,6,9-12,14-16H2,1-5H3,(H,27,28,31)/t22-/m1/s1. The number of carbonyl (C=O) groups is 3. The Bertz CT molecular complexity index is 1010. The number of hydrogen-bond donors (Lipinski definition) is 2. The van der Waals surface area contributed by atoms with Gasteiger partial charge in [-0.3, -0.25) is 10.1 Å².